The van der Waals surface area contributed by atoms with Gasteiger partial charge in [0, 0.05) is 5.02 Å². The highest BCUT2D eigenvalue weighted by atomic mass is 35.5. The molecule has 0 saturated heterocycles. The van der Waals surface area contributed by atoms with Crippen molar-refractivity contribution in [3.8, 4) is 10.7 Å². The summed E-state index contributed by atoms with van der Waals surface area (Å²) in [5.74, 6) is 0.529. The van der Waals surface area contributed by atoms with Gasteiger partial charge in [-0.15, -0.1) is 11.3 Å². The van der Waals surface area contributed by atoms with Crippen molar-refractivity contribution < 1.29 is 4.79 Å². The van der Waals surface area contributed by atoms with Crippen LogP contribution < -0.4 is 5.32 Å². The lowest BCUT2D eigenvalue weighted by Gasteiger charge is -2.19. The monoisotopic (exact) mass is 392 g/mol. The van der Waals surface area contributed by atoms with E-state index in [0.717, 1.165) is 10.4 Å². The predicted molar refractivity (Wildman–Crippen MR) is 103 cm³/mol. The Bertz CT molecular complexity index is 932. The standard InChI is InChI=1S/C17H17ClN4OS2/c1-10(12-5-3-6-13(18)9-12)19-16(23)11(2)22-15(20-21-17(22)24)14-7-4-8-25-14/h3-11H,1-2H3,(H,19,23)(H,21,24)/t10-,11-/m1/s1. The normalized spacial score (nSPS) is 13.4. The molecule has 0 fully saturated rings. The number of nitrogens with one attached hydrogen (secondary N) is 2. The molecule has 0 unspecified atom stereocenters. The zero-order valence-electron chi connectivity index (χ0n) is 13.7. The third-order valence-corrected chi connectivity index (χ3v) is 5.31. The van der Waals surface area contributed by atoms with Gasteiger partial charge in [0.05, 0.1) is 10.9 Å². The number of aromatic amines is 1. The molecule has 2 N–H and O–H groups in total. The highest BCUT2D eigenvalue weighted by Crippen LogP contribution is 2.26. The first-order chi connectivity index (χ1) is 12.0. The van der Waals surface area contributed by atoms with Crippen molar-refractivity contribution in [1.29, 1.82) is 0 Å². The Morgan fingerprint density at radius 1 is 1.36 bits per heavy atom. The molecular formula is C17H17ClN4OS2. The maximum Gasteiger partial charge on any atom is 0.243 e. The van der Waals surface area contributed by atoms with Crippen LogP contribution in [0, 0.1) is 4.77 Å². The number of aromatic nitrogens is 3. The number of nitrogens with zero attached hydrogens (tertiary/aromatic N) is 2. The summed E-state index contributed by atoms with van der Waals surface area (Å²) in [5, 5.41) is 12.7. The lowest BCUT2D eigenvalue weighted by Crippen LogP contribution is -2.33. The smallest absolute Gasteiger partial charge is 0.243 e. The quantitative estimate of drug-likeness (QED) is 0.615. The molecule has 0 saturated carbocycles. The minimum Gasteiger partial charge on any atom is -0.348 e. The second-order valence-corrected chi connectivity index (χ2v) is 7.43. The largest absolute Gasteiger partial charge is 0.348 e. The van der Waals surface area contributed by atoms with Gasteiger partial charge in [0.15, 0.2) is 10.6 Å². The third kappa shape index (κ3) is 3.84. The van der Waals surface area contributed by atoms with Crippen LogP contribution >= 0.6 is 35.2 Å². The highest BCUT2D eigenvalue weighted by Gasteiger charge is 2.22. The van der Waals surface area contributed by atoms with E-state index in [1.807, 2.05) is 49.6 Å². The van der Waals surface area contributed by atoms with Crippen LogP contribution in [0.4, 0.5) is 0 Å². The van der Waals surface area contributed by atoms with Gasteiger partial charge in [0.25, 0.3) is 0 Å². The highest BCUT2D eigenvalue weighted by molar-refractivity contribution is 7.71. The van der Waals surface area contributed by atoms with E-state index >= 15 is 0 Å². The van der Waals surface area contributed by atoms with Crippen molar-refractivity contribution in [2.75, 3.05) is 0 Å². The Kier molecular flexibility index (Phi) is 5.36. The number of H-pyrrole nitrogens is 1. The zero-order valence-corrected chi connectivity index (χ0v) is 16.1. The Morgan fingerprint density at radius 3 is 2.84 bits per heavy atom. The molecule has 2 heterocycles. The van der Waals surface area contributed by atoms with Gasteiger partial charge in [-0.25, -0.2) is 0 Å². The predicted octanol–water partition coefficient (Wildman–Crippen LogP) is 4.76. The zero-order chi connectivity index (χ0) is 18.0. The molecule has 2 aromatic heterocycles. The van der Waals surface area contributed by atoms with E-state index in [9.17, 15) is 4.79 Å². The Morgan fingerprint density at radius 2 is 2.16 bits per heavy atom. The summed E-state index contributed by atoms with van der Waals surface area (Å²) in [7, 11) is 0. The van der Waals surface area contributed by atoms with Crippen molar-refractivity contribution >= 4 is 41.1 Å². The molecule has 0 aliphatic heterocycles. The van der Waals surface area contributed by atoms with E-state index in [0.29, 0.717) is 15.6 Å². The second kappa shape index (κ2) is 7.51. The molecule has 3 rings (SSSR count). The fraction of sp³-hybridized carbons (Fsp3) is 0.235. The van der Waals surface area contributed by atoms with Crippen LogP contribution in [0.25, 0.3) is 10.7 Å². The molecule has 0 radical (unpaired) electrons. The number of halogens is 1. The van der Waals surface area contributed by atoms with Gasteiger partial charge in [-0.05, 0) is 55.2 Å². The molecule has 0 spiro atoms. The Balaban J connectivity index is 1.82. The minimum atomic E-state index is -0.495. The number of benzene rings is 1. The topological polar surface area (TPSA) is 62.7 Å². The SMILES string of the molecule is C[C@H](C(=O)N[C@H](C)c1cccc(Cl)c1)n1c(-c2cccs2)n[nH]c1=S. The maximum atomic E-state index is 12.7. The Hall–Kier alpha value is -1.96. The first-order valence-corrected chi connectivity index (χ1v) is 9.40. The number of hydrogen-bond donors (Lipinski definition) is 2. The molecule has 0 bridgehead atoms. The minimum absolute atomic E-state index is 0.136. The summed E-state index contributed by atoms with van der Waals surface area (Å²) >= 11 is 12.9. The summed E-state index contributed by atoms with van der Waals surface area (Å²) in [6, 6.07) is 10.7. The molecule has 1 amide bonds. The van der Waals surface area contributed by atoms with Crippen LogP contribution in [0.1, 0.15) is 31.5 Å². The fourth-order valence-electron chi connectivity index (χ4n) is 2.55. The van der Waals surface area contributed by atoms with Gasteiger partial charge in [0.2, 0.25) is 5.91 Å². The van der Waals surface area contributed by atoms with Crippen LogP contribution in [0.15, 0.2) is 41.8 Å². The average molecular weight is 393 g/mol. The van der Waals surface area contributed by atoms with Crippen LogP contribution in [0.3, 0.4) is 0 Å². The summed E-state index contributed by atoms with van der Waals surface area (Å²) in [6.45, 7) is 3.73. The summed E-state index contributed by atoms with van der Waals surface area (Å²) in [5.41, 5.74) is 0.947. The molecule has 25 heavy (non-hydrogen) atoms. The second-order valence-electron chi connectivity index (χ2n) is 5.66. The lowest BCUT2D eigenvalue weighted by atomic mass is 10.1. The maximum absolute atomic E-state index is 12.7. The summed E-state index contributed by atoms with van der Waals surface area (Å²) < 4.78 is 2.16. The van der Waals surface area contributed by atoms with Crippen molar-refractivity contribution in [1.82, 2.24) is 20.1 Å². The first-order valence-electron chi connectivity index (χ1n) is 7.74. The number of thiophene rings is 1. The number of carbonyl (C=O) groups is 1. The molecule has 0 aliphatic carbocycles. The summed E-state index contributed by atoms with van der Waals surface area (Å²) in [6.07, 6.45) is 0. The van der Waals surface area contributed by atoms with Crippen LogP contribution in [-0.4, -0.2) is 20.7 Å². The molecule has 0 aliphatic rings. The number of amides is 1. The molecule has 2 atom stereocenters. The van der Waals surface area contributed by atoms with Crippen molar-refractivity contribution in [2.24, 2.45) is 0 Å². The Labute approximate surface area is 159 Å². The van der Waals surface area contributed by atoms with Crippen molar-refractivity contribution in [3.05, 3.63) is 57.1 Å². The molecule has 5 nitrogen and oxygen atoms in total. The number of carbonyl (C=O) groups excluding carboxylic acids is 1. The van der Waals surface area contributed by atoms with E-state index in [-0.39, 0.29) is 11.9 Å². The first kappa shape index (κ1) is 17.8. The van der Waals surface area contributed by atoms with E-state index in [1.54, 1.807) is 22.0 Å². The van der Waals surface area contributed by atoms with Crippen LogP contribution in [0.2, 0.25) is 5.02 Å². The molecular weight excluding hydrogens is 376 g/mol. The molecule has 8 heteroatoms. The molecule has 130 valence electrons. The van der Waals surface area contributed by atoms with Crippen LogP contribution in [-0.2, 0) is 4.79 Å². The van der Waals surface area contributed by atoms with Gasteiger partial charge in [-0.3, -0.25) is 14.5 Å². The van der Waals surface area contributed by atoms with Crippen molar-refractivity contribution in [3.63, 3.8) is 0 Å². The molecule has 3 aromatic rings. The van der Waals surface area contributed by atoms with Gasteiger partial charge >= 0.3 is 0 Å². The van der Waals surface area contributed by atoms with Crippen molar-refractivity contribution in [2.45, 2.75) is 25.9 Å². The van der Waals surface area contributed by atoms with E-state index in [4.69, 9.17) is 23.8 Å². The fourth-order valence-corrected chi connectivity index (χ4v) is 3.75. The lowest BCUT2D eigenvalue weighted by molar-refractivity contribution is -0.124. The van der Waals surface area contributed by atoms with Gasteiger partial charge < -0.3 is 5.32 Å². The molecule has 1 aromatic carbocycles. The number of hydrogen-bond acceptors (Lipinski definition) is 4. The van der Waals surface area contributed by atoms with E-state index in [1.165, 1.54) is 0 Å². The van der Waals surface area contributed by atoms with Gasteiger partial charge in [-0.2, -0.15) is 5.10 Å². The number of rotatable bonds is 5. The van der Waals surface area contributed by atoms with E-state index < -0.39 is 6.04 Å². The average Bonchev–Trinajstić information content (AvgIpc) is 3.23. The van der Waals surface area contributed by atoms with Gasteiger partial charge in [-0.1, -0.05) is 29.8 Å². The summed E-state index contributed by atoms with van der Waals surface area (Å²) in [4.78, 5) is 13.7. The van der Waals surface area contributed by atoms with Gasteiger partial charge in [0.1, 0.15) is 6.04 Å². The third-order valence-electron chi connectivity index (χ3n) is 3.92. The van der Waals surface area contributed by atoms with E-state index in [2.05, 4.69) is 15.5 Å². The van der Waals surface area contributed by atoms with Crippen LogP contribution in [0.5, 0.6) is 0 Å².